The quantitative estimate of drug-likeness (QED) is 0.754. The lowest BCUT2D eigenvalue weighted by molar-refractivity contribution is 0.167. The van der Waals surface area contributed by atoms with Crippen LogP contribution in [0.2, 0.25) is 0 Å². The Morgan fingerprint density at radius 1 is 0.944 bits per heavy atom. The first-order chi connectivity index (χ1) is 8.92. The van der Waals surface area contributed by atoms with E-state index in [9.17, 15) is 0 Å². The van der Waals surface area contributed by atoms with Gasteiger partial charge in [-0.15, -0.1) is 0 Å². The minimum absolute atomic E-state index is 0.827. The number of hydrogen-bond acceptors (Lipinski definition) is 2. The fraction of sp³-hybridized carbons (Fsp3) is 1.00. The summed E-state index contributed by atoms with van der Waals surface area (Å²) >= 11 is 0. The molecule has 1 saturated carbocycles. The zero-order chi connectivity index (χ0) is 12.2. The Kier molecular flexibility index (Phi) is 4.58. The maximum Gasteiger partial charge on any atom is 0.0111 e. The SMILES string of the molecule is C1CCC(CCCNC2CCN3CCCC3C2)C1. The van der Waals surface area contributed by atoms with Crippen LogP contribution in [-0.2, 0) is 0 Å². The molecule has 1 aliphatic carbocycles. The summed E-state index contributed by atoms with van der Waals surface area (Å²) in [6.07, 6.45) is 14.6. The highest BCUT2D eigenvalue weighted by atomic mass is 15.2. The van der Waals surface area contributed by atoms with E-state index in [2.05, 4.69) is 10.2 Å². The molecule has 104 valence electrons. The molecule has 3 rings (SSSR count). The van der Waals surface area contributed by atoms with Crippen LogP contribution in [0.4, 0.5) is 0 Å². The van der Waals surface area contributed by atoms with Crippen LogP contribution < -0.4 is 5.32 Å². The number of hydrogen-bond donors (Lipinski definition) is 1. The van der Waals surface area contributed by atoms with E-state index in [0.717, 1.165) is 18.0 Å². The van der Waals surface area contributed by atoms with Crippen molar-refractivity contribution in [2.45, 2.75) is 76.3 Å². The highest BCUT2D eigenvalue weighted by molar-refractivity contribution is 4.89. The molecular formula is C16H30N2. The van der Waals surface area contributed by atoms with Crippen molar-refractivity contribution in [1.29, 1.82) is 0 Å². The lowest BCUT2D eigenvalue weighted by Crippen LogP contribution is -2.45. The monoisotopic (exact) mass is 250 g/mol. The normalized spacial score (nSPS) is 34.0. The van der Waals surface area contributed by atoms with Crippen molar-refractivity contribution in [2.75, 3.05) is 19.6 Å². The second-order valence-electron chi connectivity index (χ2n) is 6.80. The van der Waals surface area contributed by atoms with Crippen molar-refractivity contribution < 1.29 is 0 Å². The van der Waals surface area contributed by atoms with Crippen LogP contribution in [0.5, 0.6) is 0 Å². The third kappa shape index (κ3) is 3.27. The topological polar surface area (TPSA) is 15.3 Å². The third-order valence-corrected chi connectivity index (χ3v) is 5.52. The van der Waals surface area contributed by atoms with Crippen molar-refractivity contribution in [3.8, 4) is 0 Å². The molecule has 1 N–H and O–H groups in total. The fourth-order valence-electron chi connectivity index (χ4n) is 4.41. The number of fused-ring (bicyclic) bond motifs is 1. The van der Waals surface area contributed by atoms with Gasteiger partial charge in [0.15, 0.2) is 0 Å². The molecule has 0 spiro atoms. The summed E-state index contributed by atoms with van der Waals surface area (Å²) in [4.78, 5) is 2.72. The maximum atomic E-state index is 3.83. The Balaban J connectivity index is 1.29. The van der Waals surface area contributed by atoms with Crippen molar-refractivity contribution >= 4 is 0 Å². The van der Waals surface area contributed by atoms with Gasteiger partial charge in [-0.3, -0.25) is 0 Å². The molecular weight excluding hydrogens is 220 g/mol. The number of piperidine rings is 1. The van der Waals surface area contributed by atoms with E-state index in [1.54, 1.807) is 0 Å². The predicted molar refractivity (Wildman–Crippen MR) is 76.8 cm³/mol. The van der Waals surface area contributed by atoms with Crippen LogP contribution in [0.3, 0.4) is 0 Å². The molecule has 18 heavy (non-hydrogen) atoms. The molecule has 0 amide bonds. The van der Waals surface area contributed by atoms with Gasteiger partial charge in [-0.05, 0) is 64.1 Å². The summed E-state index contributed by atoms with van der Waals surface area (Å²) in [5, 5.41) is 3.83. The highest BCUT2D eigenvalue weighted by Crippen LogP contribution is 2.29. The van der Waals surface area contributed by atoms with Crippen molar-refractivity contribution in [3.05, 3.63) is 0 Å². The van der Waals surface area contributed by atoms with Gasteiger partial charge in [-0.25, -0.2) is 0 Å². The Morgan fingerprint density at radius 2 is 1.83 bits per heavy atom. The van der Waals surface area contributed by atoms with Crippen LogP contribution in [-0.4, -0.2) is 36.6 Å². The van der Waals surface area contributed by atoms with Crippen LogP contribution in [0.1, 0.15) is 64.2 Å². The van der Waals surface area contributed by atoms with Gasteiger partial charge in [0.1, 0.15) is 0 Å². The van der Waals surface area contributed by atoms with Crippen LogP contribution in [0.25, 0.3) is 0 Å². The molecule has 0 bridgehead atoms. The molecule has 0 radical (unpaired) electrons. The molecule has 2 atom stereocenters. The predicted octanol–water partition coefficient (Wildman–Crippen LogP) is 3.17. The Bertz CT molecular complexity index is 247. The van der Waals surface area contributed by atoms with E-state index in [0.29, 0.717) is 0 Å². The molecule has 2 heteroatoms. The molecule has 2 heterocycles. The molecule has 2 nitrogen and oxygen atoms in total. The smallest absolute Gasteiger partial charge is 0.0111 e. The zero-order valence-electron chi connectivity index (χ0n) is 11.9. The van der Waals surface area contributed by atoms with Gasteiger partial charge in [-0.2, -0.15) is 0 Å². The van der Waals surface area contributed by atoms with Gasteiger partial charge in [-0.1, -0.05) is 25.7 Å². The second kappa shape index (κ2) is 6.38. The molecule has 0 aromatic heterocycles. The van der Waals surface area contributed by atoms with E-state index >= 15 is 0 Å². The first kappa shape index (κ1) is 12.9. The van der Waals surface area contributed by atoms with Crippen LogP contribution >= 0.6 is 0 Å². The van der Waals surface area contributed by atoms with E-state index in [-0.39, 0.29) is 0 Å². The molecule has 3 fully saturated rings. The van der Waals surface area contributed by atoms with E-state index in [1.807, 2.05) is 0 Å². The first-order valence-electron chi connectivity index (χ1n) is 8.39. The number of rotatable bonds is 5. The van der Waals surface area contributed by atoms with Crippen LogP contribution in [0, 0.1) is 5.92 Å². The van der Waals surface area contributed by atoms with Gasteiger partial charge in [0.25, 0.3) is 0 Å². The van der Waals surface area contributed by atoms with Gasteiger partial charge in [0, 0.05) is 12.1 Å². The van der Waals surface area contributed by atoms with Gasteiger partial charge >= 0.3 is 0 Å². The lowest BCUT2D eigenvalue weighted by Gasteiger charge is -2.35. The van der Waals surface area contributed by atoms with Gasteiger partial charge < -0.3 is 10.2 Å². The van der Waals surface area contributed by atoms with Crippen LogP contribution in [0.15, 0.2) is 0 Å². The Hall–Kier alpha value is -0.0800. The Labute approximate surface area is 113 Å². The summed E-state index contributed by atoms with van der Waals surface area (Å²) in [6, 6.07) is 1.75. The van der Waals surface area contributed by atoms with Gasteiger partial charge in [0.05, 0.1) is 0 Å². The summed E-state index contributed by atoms with van der Waals surface area (Å²) in [5.41, 5.74) is 0. The fourth-order valence-corrected chi connectivity index (χ4v) is 4.41. The average Bonchev–Trinajstić information content (AvgIpc) is 3.05. The summed E-state index contributed by atoms with van der Waals surface area (Å²) < 4.78 is 0. The van der Waals surface area contributed by atoms with Crippen molar-refractivity contribution in [2.24, 2.45) is 5.92 Å². The minimum Gasteiger partial charge on any atom is -0.314 e. The Morgan fingerprint density at radius 3 is 2.72 bits per heavy atom. The van der Waals surface area contributed by atoms with E-state index < -0.39 is 0 Å². The van der Waals surface area contributed by atoms with E-state index in [1.165, 1.54) is 83.8 Å². The summed E-state index contributed by atoms with van der Waals surface area (Å²) in [7, 11) is 0. The summed E-state index contributed by atoms with van der Waals surface area (Å²) in [6.45, 7) is 4.00. The molecule has 2 aliphatic heterocycles. The third-order valence-electron chi connectivity index (χ3n) is 5.52. The average molecular weight is 250 g/mol. The standard InChI is InChI=1S/C16H30N2/c1-2-6-14(5-1)7-3-10-17-15-9-12-18-11-4-8-16(18)13-15/h14-17H,1-13H2. The maximum absolute atomic E-state index is 3.83. The molecule has 3 aliphatic rings. The van der Waals surface area contributed by atoms with Crippen molar-refractivity contribution in [3.63, 3.8) is 0 Å². The van der Waals surface area contributed by atoms with E-state index in [4.69, 9.17) is 0 Å². The van der Waals surface area contributed by atoms with Gasteiger partial charge in [0.2, 0.25) is 0 Å². The number of nitrogens with zero attached hydrogens (tertiary/aromatic N) is 1. The molecule has 2 unspecified atom stereocenters. The molecule has 0 aromatic rings. The number of nitrogens with one attached hydrogen (secondary N) is 1. The van der Waals surface area contributed by atoms with Crippen molar-refractivity contribution in [1.82, 2.24) is 10.2 Å². The highest BCUT2D eigenvalue weighted by Gasteiger charge is 2.31. The first-order valence-corrected chi connectivity index (χ1v) is 8.39. The molecule has 2 saturated heterocycles. The zero-order valence-corrected chi connectivity index (χ0v) is 11.9. The molecule has 0 aromatic carbocycles. The minimum atomic E-state index is 0.827. The summed E-state index contributed by atoms with van der Waals surface area (Å²) in [5.74, 6) is 1.07. The second-order valence-corrected chi connectivity index (χ2v) is 6.80. The largest absolute Gasteiger partial charge is 0.314 e. The lowest BCUT2D eigenvalue weighted by atomic mass is 9.97.